The zero-order chi connectivity index (χ0) is 18.5. The SMILES string of the molecule is CCNC(=O)N1CCN(C(=O)c2cnc(SC)n2-c2ccccc2)CC1. The van der Waals surface area contributed by atoms with Gasteiger partial charge in [0.15, 0.2) is 5.16 Å². The molecule has 1 saturated heterocycles. The monoisotopic (exact) mass is 373 g/mol. The molecule has 3 amide bonds. The second kappa shape index (κ2) is 8.27. The molecule has 0 saturated carbocycles. The van der Waals surface area contributed by atoms with Crippen LogP contribution in [0.25, 0.3) is 5.69 Å². The van der Waals surface area contributed by atoms with Crippen LogP contribution >= 0.6 is 11.8 Å². The van der Waals surface area contributed by atoms with E-state index in [0.29, 0.717) is 38.4 Å². The standard InChI is InChI=1S/C18H23N5O2S/c1-3-19-17(25)22-11-9-21(10-12-22)16(24)15-13-20-18(26-2)23(15)14-7-5-4-6-8-14/h4-8,13H,3,9-12H2,1-2H3,(H,19,25). The summed E-state index contributed by atoms with van der Waals surface area (Å²) in [6, 6.07) is 9.69. The van der Waals surface area contributed by atoms with Gasteiger partial charge in [-0.25, -0.2) is 9.78 Å². The van der Waals surface area contributed by atoms with Crippen LogP contribution in [-0.2, 0) is 0 Å². The maximum Gasteiger partial charge on any atom is 0.317 e. The average molecular weight is 373 g/mol. The van der Waals surface area contributed by atoms with E-state index in [-0.39, 0.29) is 11.9 Å². The van der Waals surface area contributed by atoms with E-state index in [1.54, 1.807) is 16.0 Å². The van der Waals surface area contributed by atoms with Crippen LogP contribution < -0.4 is 5.32 Å². The smallest absolute Gasteiger partial charge is 0.317 e. The molecule has 3 rings (SSSR count). The van der Waals surface area contributed by atoms with Gasteiger partial charge in [-0.05, 0) is 25.3 Å². The van der Waals surface area contributed by atoms with Gasteiger partial charge in [0.25, 0.3) is 5.91 Å². The quantitative estimate of drug-likeness (QED) is 0.833. The fourth-order valence-electron chi connectivity index (χ4n) is 2.99. The summed E-state index contributed by atoms with van der Waals surface area (Å²) in [7, 11) is 0. The first-order valence-corrected chi connectivity index (χ1v) is 9.87. The van der Waals surface area contributed by atoms with Gasteiger partial charge in [0.2, 0.25) is 0 Å². The normalized spacial score (nSPS) is 14.4. The van der Waals surface area contributed by atoms with E-state index < -0.39 is 0 Å². The van der Waals surface area contributed by atoms with Gasteiger partial charge in [0.05, 0.1) is 6.20 Å². The molecule has 0 radical (unpaired) electrons. The van der Waals surface area contributed by atoms with E-state index in [1.165, 1.54) is 11.8 Å². The van der Waals surface area contributed by atoms with Gasteiger partial charge < -0.3 is 15.1 Å². The Balaban J connectivity index is 1.77. The molecule has 0 bridgehead atoms. The Hall–Kier alpha value is -2.48. The third-order valence-electron chi connectivity index (χ3n) is 4.33. The molecule has 1 aliphatic heterocycles. The van der Waals surface area contributed by atoms with Crippen molar-refractivity contribution in [1.82, 2.24) is 24.7 Å². The van der Waals surface area contributed by atoms with Crippen molar-refractivity contribution in [3.8, 4) is 5.69 Å². The fourth-order valence-corrected chi connectivity index (χ4v) is 3.54. The van der Waals surface area contributed by atoms with E-state index in [2.05, 4.69) is 10.3 Å². The lowest BCUT2D eigenvalue weighted by atomic mass is 10.2. The molecule has 7 nitrogen and oxygen atoms in total. The predicted octanol–water partition coefficient (Wildman–Crippen LogP) is 2.08. The molecular weight excluding hydrogens is 350 g/mol. The van der Waals surface area contributed by atoms with Crippen molar-refractivity contribution in [3.05, 3.63) is 42.2 Å². The molecule has 0 aliphatic carbocycles. The Kier molecular flexibility index (Phi) is 5.82. The number of piperazine rings is 1. The van der Waals surface area contributed by atoms with Crippen LogP contribution in [0.2, 0.25) is 0 Å². The number of aromatic nitrogens is 2. The summed E-state index contributed by atoms with van der Waals surface area (Å²) in [5.41, 5.74) is 1.46. The molecule has 138 valence electrons. The summed E-state index contributed by atoms with van der Waals surface area (Å²) < 4.78 is 1.89. The van der Waals surface area contributed by atoms with Gasteiger partial charge in [-0.2, -0.15) is 0 Å². The third kappa shape index (κ3) is 3.70. The Labute approximate surface area is 157 Å². The number of benzene rings is 1. The highest BCUT2D eigenvalue weighted by atomic mass is 32.2. The highest BCUT2D eigenvalue weighted by Crippen LogP contribution is 2.23. The minimum Gasteiger partial charge on any atom is -0.338 e. The second-order valence-corrected chi connectivity index (χ2v) is 6.69. The number of hydrogen-bond acceptors (Lipinski definition) is 4. The van der Waals surface area contributed by atoms with Gasteiger partial charge in [0.1, 0.15) is 5.69 Å². The van der Waals surface area contributed by atoms with Crippen molar-refractivity contribution in [2.75, 3.05) is 39.0 Å². The lowest BCUT2D eigenvalue weighted by Gasteiger charge is -2.34. The second-order valence-electron chi connectivity index (χ2n) is 5.92. The summed E-state index contributed by atoms with van der Waals surface area (Å²) in [6.07, 6.45) is 3.58. The highest BCUT2D eigenvalue weighted by molar-refractivity contribution is 7.98. The van der Waals surface area contributed by atoms with E-state index in [4.69, 9.17) is 0 Å². The van der Waals surface area contributed by atoms with Crippen molar-refractivity contribution >= 4 is 23.7 Å². The average Bonchev–Trinajstić information content (AvgIpc) is 3.12. The van der Waals surface area contributed by atoms with Crippen molar-refractivity contribution in [2.45, 2.75) is 12.1 Å². The third-order valence-corrected chi connectivity index (χ3v) is 4.98. The van der Waals surface area contributed by atoms with Crippen molar-refractivity contribution in [3.63, 3.8) is 0 Å². The summed E-state index contributed by atoms with van der Waals surface area (Å²) in [5, 5.41) is 3.58. The number of amides is 3. The molecular formula is C18H23N5O2S. The van der Waals surface area contributed by atoms with Crippen molar-refractivity contribution in [2.24, 2.45) is 0 Å². The number of thioether (sulfide) groups is 1. The van der Waals surface area contributed by atoms with Crippen LogP contribution in [0.1, 0.15) is 17.4 Å². The van der Waals surface area contributed by atoms with Crippen molar-refractivity contribution < 1.29 is 9.59 Å². The molecule has 0 unspecified atom stereocenters. The number of carbonyl (C=O) groups excluding carboxylic acids is 2. The predicted molar refractivity (Wildman–Crippen MR) is 102 cm³/mol. The van der Waals surface area contributed by atoms with Crippen LogP contribution in [0, 0.1) is 0 Å². The minimum absolute atomic E-state index is 0.0581. The summed E-state index contributed by atoms with van der Waals surface area (Å²) in [6.45, 7) is 4.60. The summed E-state index contributed by atoms with van der Waals surface area (Å²) in [4.78, 5) is 32.9. The highest BCUT2D eigenvalue weighted by Gasteiger charge is 2.27. The van der Waals surface area contributed by atoms with Crippen LogP contribution in [0.4, 0.5) is 4.79 Å². The number of urea groups is 1. The molecule has 1 aromatic carbocycles. The lowest BCUT2D eigenvalue weighted by Crippen LogP contribution is -2.53. The molecule has 2 heterocycles. The van der Waals surface area contributed by atoms with Gasteiger partial charge in [-0.15, -0.1) is 0 Å². The number of nitrogens with zero attached hydrogens (tertiary/aromatic N) is 4. The molecule has 1 fully saturated rings. The molecule has 0 atom stereocenters. The molecule has 1 N–H and O–H groups in total. The van der Waals surface area contributed by atoms with Crippen LogP contribution in [0.15, 0.2) is 41.7 Å². The molecule has 26 heavy (non-hydrogen) atoms. The number of carbonyl (C=O) groups is 2. The van der Waals surface area contributed by atoms with Gasteiger partial charge in [-0.1, -0.05) is 30.0 Å². The molecule has 8 heteroatoms. The fraction of sp³-hybridized carbons (Fsp3) is 0.389. The first-order chi connectivity index (χ1) is 12.7. The van der Waals surface area contributed by atoms with Crippen LogP contribution in [0.3, 0.4) is 0 Å². The van der Waals surface area contributed by atoms with E-state index in [9.17, 15) is 9.59 Å². The zero-order valence-electron chi connectivity index (χ0n) is 15.0. The maximum absolute atomic E-state index is 13.1. The topological polar surface area (TPSA) is 70.5 Å². The van der Waals surface area contributed by atoms with Crippen molar-refractivity contribution in [1.29, 1.82) is 0 Å². The Morgan fingerprint density at radius 2 is 1.77 bits per heavy atom. The number of hydrogen-bond donors (Lipinski definition) is 1. The van der Waals surface area contributed by atoms with Gasteiger partial charge in [0, 0.05) is 38.4 Å². The largest absolute Gasteiger partial charge is 0.338 e. The number of nitrogens with one attached hydrogen (secondary N) is 1. The Bertz CT molecular complexity index is 769. The minimum atomic E-state index is -0.0707. The first-order valence-electron chi connectivity index (χ1n) is 8.65. The summed E-state index contributed by atoms with van der Waals surface area (Å²) >= 11 is 1.50. The molecule has 1 aliphatic rings. The zero-order valence-corrected chi connectivity index (χ0v) is 15.8. The van der Waals surface area contributed by atoms with E-state index >= 15 is 0 Å². The van der Waals surface area contributed by atoms with Gasteiger partial charge >= 0.3 is 6.03 Å². The number of rotatable bonds is 4. The number of para-hydroxylation sites is 1. The summed E-state index contributed by atoms with van der Waals surface area (Å²) in [5.74, 6) is -0.0581. The van der Waals surface area contributed by atoms with E-state index in [0.717, 1.165) is 10.8 Å². The van der Waals surface area contributed by atoms with Crippen LogP contribution in [-0.4, -0.2) is 70.3 Å². The lowest BCUT2D eigenvalue weighted by molar-refractivity contribution is 0.0657. The first kappa shape index (κ1) is 18.3. The van der Waals surface area contributed by atoms with E-state index in [1.807, 2.05) is 48.1 Å². The Morgan fingerprint density at radius 3 is 2.38 bits per heavy atom. The van der Waals surface area contributed by atoms with Gasteiger partial charge in [-0.3, -0.25) is 9.36 Å². The number of imidazole rings is 1. The van der Waals surface area contributed by atoms with Crippen LogP contribution in [0.5, 0.6) is 0 Å². The molecule has 0 spiro atoms. The molecule has 1 aromatic heterocycles. The maximum atomic E-state index is 13.1. The Morgan fingerprint density at radius 1 is 1.12 bits per heavy atom. The molecule has 2 aromatic rings.